The topological polar surface area (TPSA) is 38.0 Å². The van der Waals surface area contributed by atoms with Gasteiger partial charge in [-0.25, -0.2) is 4.39 Å². The molecule has 0 aliphatic carbocycles. The second-order valence-corrected chi connectivity index (χ2v) is 5.03. The maximum absolute atomic E-state index is 13.5. The molecular formula is C16H19FN2. The van der Waals surface area contributed by atoms with E-state index in [4.69, 9.17) is 5.73 Å². The summed E-state index contributed by atoms with van der Waals surface area (Å²) in [4.78, 5) is 0. The van der Waals surface area contributed by atoms with Crippen molar-refractivity contribution in [2.45, 2.75) is 27.3 Å². The minimum Gasteiger partial charge on any atom is -0.399 e. The number of anilines is 2. The summed E-state index contributed by atoms with van der Waals surface area (Å²) in [6.45, 7) is 6.24. The predicted octanol–water partition coefficient (Wildman–Crippen LogP) is 3.95. The molecule has 2 nitrogen and oxygen atoms in total. The van der Waals surface area contributed by atoms with Gasteiger partial charge in [0.15, 0.2) is 0 Å². The highest BCUT2D eigenvalue weighted by molar-refractivity contribution is 5.57. The monoisotopic (exact) mass is 258 g/mol. The van der Waals surface area contributed by atoms with Gasteiger partial charge in [-0.3, -0.25) is 0 Å². The Bertz CT molecular complexity index is 562. The Balaban J connectivity index is 2.14. The maximum atomic E-state index is 13.5. The molecule has 3 heteroatoms. The van der Waals surface area contributed by atoms with Gasteiger partial charge in [0.25, 0.3) is 0 Å². The lowest BCUT2D eigenvalue weighted by atomic mass is 10.1. The zero-order valence-corrected chi connectivity index (χ0v) is 11.5. The average Bonchev–Trinajstić information content (AvgIpc) is 2.32. The molecule has 0 aliphatic heterocycles. The summed E-state index contributed by atoms with van der Waals surface area (Å²) in [5.74, 6) is -0.122. The minimum absolute atomic E-state index is 0.122. The molecule has 0 aromatic heterocycles. The van der Waals surface area contributed by atoms with Crippen molar-refractivity contribution in [1.82, 2.24) is 0 Å². The van der Waals surface area contributed by atoms with Gasteiger partial charge in [0.1, 0.15) is 5.82 Å². The van der Waals surface area contributed by atoms with Crippen molar-refractivity contribution in [3.05, 3.63) is 58.4 Å². The van der Waals surface area contributed by atoms with Crippen LogP contribution in [0.3, 0.4) is 0 Å². The summed E-state index contributed by atoms with van der Waals surface area (Å²) < 4.78 is 13.5. The normalized spacial score (nSPS) is 10.5. The number of rotatable bonds is 3. The molecule has 0 fully saturated rings. The Morgan fingerprint density at radius 3 is 2.21 bits per heavy atom. The Hall–Kier alpha value is -2.03. The molecule has 0 radical (unpaired) electrons. The molecule has 100 valence electrons. The molecule has 0 heterocycles. The number of hydrogen-bond donors (Lipinski definition) is 2. The summed E-state index contributed by atoms with van der Waals surface area (Å²) in [6.07, 6.45) is 0. The van der Waals surface area contributed by atoms with Crippen molar-refractivity contribution in [3.8, 4) is 0 Å². The molecular weight excluding hydrogens is 239 g/mol. The Labute approximate surface area is 113 Å². The van der Waals surface area contributed by atoms with Crippen molar-refractivity contribution in [3.63, 3.8) is 0 Å². The first kappa shape index (κ1) is 13.4. The minimum atomic E-state index is -0.122. The first-order valence-electron chi connectivity index (χ1n) is 6.32. The first-order chi connectivity index (χ1) is 8.95. The molecule has 0 saturated heterocycles. The summed E-state index contributed by atoms with van der Waals surface area (Å²) in [5, 5.41) is 3.31. The second kappa shape index (κ2) is 5.31. The van der Waals surface area contributed by atoms with Crippen LogP contribution < -0.4 is 11.1 Å². The SMILES string of the molecule is Cc1cc(N)cc(NCc2cc(C)c(F)c(C)c2)c1. The summed E-state index contributed by atoms with van der Waals surface area (Å²) in [5.41, 5.74) is 11.1. The van der Waals surface area contributed by atoms with E-state index in [1.165, 1.54) is 0 Å². The van der Waals surface area contributed by atoms with Crippen molar-refractivity contribution in [2.75, 3.05) is 11.1 Å². The van der Waals surface area contributed by atoms with Crippen LogP contribution in [0.2, 0.25) is 0 Å². The van der Waals surface area contributed by atoms with Gasteiger partial charge in [-0.2, -0.15) is 0 Å². The highest BCUT2D eigenvalue weighted by Crippen LogP contribution is 2.19. The zero-order chi connectivity index (χ0) is 14.0. The van der Waals surface area contributed by atoms with Crippen LogP contribution in [0.5, 0.6) is 0 Å². The van der Waals surface area contributed by atoms with E-state index >= 15 is 0 Å². The average molecular weight is 258 g/mol. The van der Waals surface area contributed by atoms with Gasteiger partial charge >= 0.3 is 0 Å². The molecule has 0 bridgehead atoms. The van der Waals surface area contributed by atoms with E-state index in [2.05, 4.69) is 5.32 Å². The molecule has 19 heavy (non-hydrogen) atoms. The number of aryl methyl sites for hydroxylation is 3. The Morgan fingerprint density at radius 2 is 1.63 bits per heavy atom. The van der Waals surface area contributed by atoms with Crippen LogP contribution in [-0.4, -0.2) is 0 Å². The van der Waals surface area contributed by atoms with Gasteiger partial charge in [-0.05, 0) is 61.2 Å². The molecule has 0 atom stereocenters. The second-order valence-electron chi connectivity index (χ2n) is 5.03. The van der Waals surface area contributed by atoms with E-state index in [9.17, 15) is 4.39 Å². The van der Waals surface area contributed by atoms with Gasteiger partial charge in [0.05, 0.1) is 0 Å². The van der Waals surface area contributed by atoms with Gasteiger partial charge in [0.2, 0.25) is 0 Å². The fourth-order valence-electron chi connectivity index (χ4n) is 2.26. The number of hydrogen-bond acceptors (Lipinski definition) is 2. The molecule has 2 aromatic rings. The standard InChI is InChI=1S/C16H19FN2/c1-10-4-14(18)8-15(5-10)19-9-13-6-11(2)16(17)12(3)7-13/h4-8,19H,9,18H2,1-3H3. The highest BCUT2D eigenvalue weighted by atomic mass is 19.1. The van der Waals surface area contributed by atoms with Gasteiger partial charge in [-0.1, -0.05) is 12.1 Å². The van der Waals surface area contributed by atoms with E-state index < -0.39 is 0 Å². The number of halogens is 1. The lowest BCUT2D eigenvalue weighted by Crippen LogP contribution is -2.02. The van der Waals surface area contributed by atoms with Crippen LogP contribution in [0.4, 0.5) is 15.8 Å². The number of nitrogens with one attached hydrogen (secondary N) is 1. The van der Waals surface area contributed by atoms with Gasteiger partial charge < -0.3 is 11.1 Å². The van der Waals surface area contributed by atoms with Crippen molar-refractivity contribution in [2.24, 2.45) is 0 Å². The third-order valence-corrected chi connectivity index (χ3v) is 3.09. The number of nitrogens with two attached hydrogens (primary N) is 1. The van der Waals surface area contributed by atoms with Crippen molar-refractivity contribution < 1.29 is 4.39 Å². The Morgan fingerprint density at radius 1 is 1.00 bits per heavy atom. The first-order valence-corrected chi connectivity index (χ1v) is 6.32. The van der Waals surface area contributed by atoms with Crippen LogP contribution >= 0.6 is 0 Å². The van der Waals surface area contributed by atoms with E-state index in [-0.39, 0.29) is 5.82 Å². The third-order valence-electron chi connectivity index (χ3n) is 3.09. The zero-order valence-electron chi connectivity index (χ0n) is 11.5. The van der Waals surface area contributed by atoms with Crippen LogP contribution in [0.25, 0.3) is 0 Å². The summed E-state index contributed by atoms with van der Waals surface area (Å²) >= 11 is 0. The molecule has 0 saturated carbocycles. The third kappa shape index (κ3) is 3.25. The Kier molecular flexibility index (Phi) is 3.74. The lowest BCUT2D eigenvalue weighted by Gasteiger charge is -2.11. The fourth-order valence-corrected chi connectivity index (χ4v) is 2.26. The van der Waals surface area contributed by atoms with Gasteiger partial charge in [0, 0.05) is 17.9 Å². The smallest absolute Gasteiger partial charge is 0.129 e. The summed E-state index contributed by atoms with van der Waals surface area (Å²) in [6, 6.07) is 9.61. The van der Waals surface area contributed by atoms with E-state index in [1.54, 1.807) is 13.8 Å². The van der Waals surface area contributed by atoms with Crippen LogP contribution in [0.1, 0.15) is 22.3 Å². The van der Waals surface area contributed by atoms with Gasteiger partial charge in [-0.15, -0.1) is 0 Å². The van der Waals surface area contributed by atoms with Crippen molar-refractivity contribution in [1.29, 1.82) is 0 Å². The van der Waals surface area contributed by atoms with Crippen LogP contribution in [-0.2, 0) is 6.54 Å². The molecule has 0 unspecified atom stereocenters. The van der Waals surface area contributed by atoms with Crippen molar-refractivity contribution >= 4 is 11.4 Å². The fraction of sp³-hybridized carbons (Fsp3) is 0.250. The molecule has 0 spiro atoms. The highest BCUT2D eigenvalue weighted by Gasteiger charge is 2.04. The predicted molar refractivity (Wildman–Crippen MR) is 78.8 cm³/mol. The van der Waals surface area contributed by atoms with E-state index in [0.29, 0.717) is 17.7 Å². The quantitative estimate of drug-likeness (QED) is 0.818. The molecule has 0 aliphatic rings. The lowest BCUT2D eigenvalue weighted by molar-refractivity contribution is 0.608. The molecule has 2 aromatic carbocycles. The summed E-state index contributed by atoms with van der Waals surface area (Å²) in [7, 11) is 0. The maximum Gasteiger partial charge on any atom is 0.129 e. The van der Waals surface area contributed by atoms with E-state index in [1.807, 2.05) is 37.3 Å². The molecule has 3 N–H and O–H groups in total. The largest absolute Gasteiger partial charge is 0.399 e. The van der Waals surface area contributed by atoms with Crippen LogP contribution in [0, 0.1) is 26.6 Å². The number of benzene rings is 2. The molecule has 0 amide bonds. The molecule has 2 rings (SSSR count). The van der Waals surface area contributed by atoms with E-state index in [0.717, 1.165) is 22.5 Å². The number of nitrogen functional groups attached to an aromatic ring is 1. The van der Waals surface area contributed by atoms with Crippen LogP contribution in [0.15, 0.2) is 30.3 Å².